The quantitative estimate of drug-likeness (QED) is 0.743. The zero-order valence-corrected chi connectivity index (χ0v) is 12.5. The zero-order valence-electron chi connectivity index (χ0n) is 12.5. The molecule has 2 N–H and O–H groups in total. The third kappa shape index (κ3) is 2.84. The highest BCUT2D eigenvalue weighted by molar-refractivity contribution is 5.79. The molecule has 0 fully saturated rings. The number of nitrogens with one attached hydrogen (secondary N) is 2. The largest absolute Gasteiger partial charge is 0.497 e. The molecule has 0 radical (unpaired) electrons. The third-order valence-electron chi connectivity index (χ3n) is 3.53. The van der Waals surface area contributed by atoms with E-state index in [0.29, 0.717) is 5.92 Å². The number of benzene rings is 2. The minimum absolute atomic E-state index is 0.540. The Morgan fingerprint density at radius 2 is 1.86 bits per heavy atom. The number of ether oxygens (including phenoxy) is 1. The Morgan fingerprint density at radius 1 is 1.10 bits per heavy atom. The van der Waals surface area contributed by atoms with Crippen LogP contribution in [0.5, 0.6) is 5.75 Å². The highest BCUT2D eigenvalue weighted by Crippen LogP contribution is 2.23. The van der Waals surface area contributed by atoms with E-state index in [4.69, 9.17) is 4.74 Å². The van der Waals surface area contributed by atoms with Crippen molar-refractivity contribution in [2.24, 2.45) is 0 Å². The molecule has 0 aliphatic rings. The lowest BCUT2D eigenvalue weighted by atomic mass is 10.0. The van der Waals surface area contributed by atoms with Crippen LogP contribution in [0.25, 0.3) is 11.0 Å². The Kier molecular flexibility index (Phi) is 3.52. The summed E-state index contributed by atoms with van der Waals surface area (Å²) in [5, 5.41) is 3.29. The van der Waals surface area contributed by atoms with Crippen molar-refractivity contribution >= 4 is 22.7 Å². The van der Waals surface area contributed by atoms with Gasteiger partial charge in [0.05, 0.1) is 18.1 Å². The first-order chi connectivity index (χ1) is 10.2. The molecule has 21 heavy (non-hydrogen) atoms. The number of rotatable bonds is 4. The van der Waals surface area contributed by atoms with Crippen LogP contribution < -0.4 is 10.1 Å². The van der Waals surface area contributed by atoms with Crippen LogP contribution in [0.15, 0.2) is 42.5 Å². The Hall–Kier alpha value is -2.49. The van der Waals surface area contributed by atoms with Crippen molar-refractivity contribution in [3.05, 3.63) is 48.0 Å². The van der Waals surface area contributed by atoms with Crippen molar-refractivity contribution in [3.8, 4) is 5.75 Å². The molecule has 0 spiro atoms. The first-order valence-electron chi connectivity index (χ1n) is 7.06. The molecule has 3 aromatic rings. The second-order valence-corrected chi connectivity index (χ2v) is 5.37. The fourth-order valence-electron chi connectivity index (χ4n) is 2.26. The number of methoxy groups -OCH3 is 1. The summed E-state index contributed by atoms with van der Waals surface area (Å²) in [7, 11) is 1.66. The molecule has 0 bridgehead atoms. The SMILES string of the molecule is COc1ccc2nc(Nc3ccc(C(C)C)cc3)[nH]c2c1. The molecule has 0 amide bonds. The number of hydrogen-bond acceptors (Lipinski definition) is 3. The number of anilines is 2. The monoisotopic (exact) mass is 281 g/mol. The summed E-state index contributed by atoms with van der Waals surface area (Å²) in [4.78, 5) is 7.77. The highest BCUT2D eigenvalue weighted by Gasteiger charge is 2.05. The molecule has 3 rings (SSSR count). The van der Waals surface area contributed by atoms with E-state index in [1.165, 1.54) is 5.56 Å². The number of hydrogen-bond donors (Lipinski definition) is 2. The molecule has 0 atom stereocenters. The summed E-state index contributed by atoms with van der Waals surface area (Å²) >= 11 is 0. The van der Waals surface area contributed by atoms with Crippen LogP contribution >= 0.6 is 0 Å². The third-order valence-corrected chi connectivity index (χ3v) is 3.53. The second-order valence-electron chi connectivity index (χ2n) is 5.37. The van der Waals surface area contributed by atoms with Crippen LogP contribution in [0.4, 0.5) is 11.6 Å². The Labute approximate surface area is 124 Å². The molecule has 1 aromatic heterocycles. The summed E-state index contributed by atoms with van der Waals surface area (Å²) in [6.07, 6.45) is 0. The van der Waals surface area contributed by atoms with Crippen LogP contribution in [0, 0.1) is 0 Å². The summed E-state index contributed by atoms with van der Waals surface area (Å²) in [5.41, 5.74) is 4.22. The van der Waals surface area contributed by atoms with Crippen LogP contribution in [-0.2, 0) is 0 Å². The number of fused-ring (bicyclic) bond motifs is 1. The van der Waals surface area contributed by atoms with E-state index in [2.05, 4.69) is 53.4 Å². The summed E-state index contributed by atoms with van der Waals surface area (Å²) in [6.45, 7) is 4.38. The van der Waals surface area contributed by atoms with Crippen molar-refractivity contribution in [2.75, 3.05) is 12.4 Å². The van der Waals surface area contributed by atoms with Gasteiger partial charge in [-0.3, -0.25) is 0 Å². The number of H-pyrrole nitrogens is 1. The maximum Gasteiger partial charge on any atom is 0.205 e. The Bertz CT molecular complexity index is 744. The molecule has 4 heteroatoms. The lowest BCUT2D eigenvalue weighted by molar-refractivity contribution is 0.415. The van der Waals surface area contributed by atoms with E-state index in [-0.39, 0.29) is 0 Å². The van der Waals surface area contributed by atoms with Crippen LogP contribution in [0.3, 0.4) is 0 Å². The molecule has 0 saturated carbocycles. The zero-order chi connectivity index (χ0) is 14.8. The number of aromatic amines is 1. The van der Waals surface area contributed by atoms with E-state index in [1.54, 1.807) is 7.11 Å². The average molecular weight is 281 g/mol. The minimum Gasteiger partial charge on any atom is -0.497 e. The van der Waals surface area contributed by atoms with Gasteiger partial charge in [0.2, 0.25) is 5.95 Å². The smallest absolute Gasteiger partial charge is 0.205 e. The number of nitrogens with zero attached hydrogens (tertiary/aromatic N) is 1. The highest BCUT2D eigenvalue weighted by atomic mass is 16.5. The van der Waals surface area contributed by atoms with Crippen molar-refractivity contribution < 1.29 is 4.74 Å². The van der Waals surface area contributed by atoms with Gasteiger partial charge in [-0.05, 0) is 35.7 Å². The maximum absolute atomic E-state index is 5.22. The van der Waals surface area contributed by atoms with Gasteiger partial charge in [0.15, 0.2) is 0 Å². The second kappa shape index (κ2) is 5.48. The van der Waals surface area contributed by atoms with E-state index in [1.807, 2.05) is 18.2 Å². The predicted octanol–water partition coefficient (Wildman–Crippen LogP) is 4.44. The molecular formula is C17H19N3O. The van der Waals surface area contributed by atoms with Crippen molar-refractivity contribution in [2.45, 2.75) is 19.8 Å². The number of aromatic nitrogens is 2. The van der Waals surface area contributed by atoms with E-state index in [0.717, 1.165) is 28.4 Å². The first-order valence-corrected chi connectivity index (χ1v) is 7.06. The van der Waals surface area contributed by atoms with Gasteiger partial charge >= 0.3 is 0 Å². The van der Waals surface area contributed by atoms with Gasteiger partial charge in [-0.25, -0.2) is 4.98 Å². The standard InChI is InChI=1S/C17H19N3O/c1-11(2)12-4-6-13(7-5-12)18-17-19-15-9-8-14(21-3)10-16(15)20-17/h4-11H,1-3H3,(H2,18,19,20). The summed E-state index contributed by atoms with van der Waals surface area (Å²) < 4.78 is 5.22. The van der Waals surface area contributed by atoms with Crippen molar-refractivity contribution in [3.63, 3.8) is 0 Å². The molecular weight excluding hydrogens is 262 g/mol. The molecule has 0 aliphatic heterocycles. The molecule has 1 heterocycles. The lowest BCUT2D eigenvalue weighted by Gasteiger charge is -2.07. The Morgan fingerprint density at radius 3 is 2.52 bits per heavy atom. The Balaban J connectivity index is 1.84. The molecule has 0 saturated heterocycles. The molecule has 2 aromatic carbocycles. The lowest BCUT2D eigenvalue weighted by Crippen LogP contribution is -1.93. The van der Waals surface area contributed by atoms with Gasteiger partial charge in [-0.15, -0.1) is 0 Å². The van der Waals surface area contributed by atoms with E-state index >= 15 is 0 Å². The minimum atomic E-state index is 0.540. The predicted molar refractivity (Wildman–Crippen MR) is 86.5 cm³/mol. The molecule has 108 valence electrons. The van der Waals surface area contributed by atoms with Crippen molar-refractivity contribution in [1.82, 2.24) is 9.97 Å². The molecule has 4 nitrogen and oxygen atoms in total. The van der Waals surface area contributed by atoms with Gasteiger partial charge in [-0.2, -0.15) is 0 Å². The van der Waals surface area contributed by atoms with Crippen LogP contribution in [0.1, 0.15) is 25.3 Å². The summed E-state index contributed by atoms with van der Waals surface area (Å²) in [5.74, 6) is 2.09. The fourth-order valence-corrected chi connectivity index (χ4v) is 2.26. The summed E-state index contributed by atoms with van der Waals surface area (Å²) in [6, 6.07) is 14.2. The van der Waals surface area contributed by atoms with Crippen molar-refractivity contribution in [1.29, 1.82) is 0 Å². The van der Waals surface area contributed by atoms with Gasteiger partial charge < -0.3 is 15.0 Å². The van der Waals surface area contributed by atoms with Crippen LogP contribution in [-0.4, -0.2) is 17.1 Å². The number of imidazole rings is 1. The molecule has 0 aliphatic carbocycles. The van der Waals surface area contributed by atoms with E-state index < -0.39 is 0 Å². The van der Waals surface area contributed by atoms with Gasteiger partial charge in [0.1, 0.15) is 5.75 Å². The topological polar surface area (TPSA) is 49.9 Å². The van der Waals surface area contributed by atoms with Crippen LogP contribution in [0.2, 0.25) is 0 Å². The normalized spacial score (nSPS) is 11.0. The molecule has 0 unspecified atom stereocenters. The maximum atomic E-state index is 5.22. The van der Waals surface area contributed by atoms with Gasteiger partial charge in [0, 0.05) is 11.8 Å². The fraction of sp³-hybridized carbons (Fsp3) is 0.235. The van der Waals surface area contributed by atoms with Gasteiger partial charge in [-0.1, -0.05) is 26.0 Å². The first kappa shape index (κ1) is 13.5. The van der Waals surface area contributed by atoms with E-state index in [9.17, 15) is 0 Å². The van der Waals surface area contributed by atoms with Gasteiger partial charge in [0.25, 0.3) is 0 Å². The average Bonchev–Trinajstić information content (AvgIpc) is 2.88.